The normalized spacial score (nSPS) is 18.4. The number of nitrogens with zero attached hydrogens (tertiary/aromatic N) is 3. The number of benzene rings is 2. The first-order valence-corrected chi connectivity index (χ1v) is 30.5. The summed E-state index contributed by atoms with van der Waals surface area (Å²) in [5.74, 6) is -2.10. The number of hydrogen-bond donors (Lipinski definition) is 3. The molecule has 1 saturated heterocycles. The van der Waals surface area contributed by atoms with Gasteiger partial charge in [-0.1, -0.05) is 26.8 Å². The van der Waals surface area contributed by atoms with Crippen molar-refractivity contribution in [3.63, 3.8) is 0 Å². The molecule has 3 N–H and O–H groups in total. The third-order valence-corrected chi connectivity index (χ3v) is 15.3. The monoisotopic (exact) mass is 1160 g/mol. The lowest BCUT2D eigenvalue weighted by molar-refractivity contribution is -0.198. The molecule has 2 unspecified atom stereocenters. The zero-order valence-corrected chi connectivity index (χ0v) is 47.4. The second kappa shape index (κ2) is 29.6. The Morgan fingerprint density at radius 1 is 0.769 bits per heavy atom. The van der Waals surface area contributed by atoms with Crippen molar-refractivity contribution in [2.75, 3.05) is 120 Å². The number of rotatable bonds is 35. The van der Waals surface area contributed by atoms with Gasteiger partial charge in [-0.25, -0.2) is 4.79 Å². The molecule has 0 saturated carbocycles. The van der Waals surface area contributed by atoms with Gasteiger partial charge in [-0.15, -0.1) is 5.06 Å². The van der Waals surface area contributed by atoms with Crippen LogP contribution in [-0.4, -0.2) is 178 Å². The Morgan fingerprint density at radius 2 is 1.32 bits per heavy atom. The number of imide groups is 1. The molecule has 26 heteroatoms. The third kappa shape index (κ3) is 20.1. The van der Waals surface area contributed by atoms with Crippen molar-refractivity contribution in [2.24, 2.45) is 5.41 Å². The molecule has 0 radical (unpaired) electrons. The average Bonchev–Trinajstić information content (AvgIpc) is 3.87. The molecule has 3 aliphatic heterocycles. The summed E-state index contributed by atoms with van der Waals surface area (Å²) < 4.78 is 141. The van der Waals surface area contributed by atoms with Crippen LogP contribution in [0.3, 0.4) is 0 Å². The molecular weight excluding hydrogens is 1080 g/mol. The zero-order valence-electron chi connectivity index (χ0n) is 45.0. The average molecular weight is 1160 g/mol. The quantitative estimate of drug-likeness (QED) is 0.0453. The van der Waals surface area contributed by atoms with Gasteiger partial charge < -0.3 is 47.8 Å². The van der Waals surface area contributed by atoms with Crippen LogP contribution in [0.5, 0.6) is 5.75 Å². The largest absolute Gasteiger partial charge is 0.482 e. The molecule has 5 rings (SSSR count). The number of anilines is 2. The molecule has 1 fully saturated rings. The minimum atomic E-state index is -4.63. The molecule has 3 aliphatic rings. The van der Waals surface area contributed by atoms with Crippen molar-refractivity contribution in [3.05, 3.63) is 77.5 Å². The molecule has 3 heterocycles. The van der Waals surface area contributed by atoms with Crippen LogP contribution >= 0.6 is 0 Å². The first-order chi connectivity index (χ1) is 36.8. The predicted octanol–water partition coefficient (Wildman–Crippen LogP) is 5.21. The lowest BCUT2D eigenvalue weighted by Crippen LogP contribution is -2.32. The number of ether oxygens (including phenoxy) is 7. The van der Waals surface area contributed by atoms with Crippen LogP contribution < -0.4 is 14.5 Å². The molecular formula is C52H75N3O20S3. The standard InChI is InChI=1S/C52H75N3O20S3/c1-6-53(20-9-35-77(62,63)64)39-12-14-42-43(51(2,3)4)37-40(74-46(42)36-39)10-7-11-47-52(5,19-8-34-76(59,60)61)44-38-41(78(65,66)67)13-15-45(44)54(47)21-23-69-25-27-71-29-31-73-33-32-72-30-28-70-26-24-68-22-18-50(58)75-55-48(56)16-17-49(55)57/h7,10-15,36-38,40H,6,8-9,16-35H2,1-5H3,(H,59,60,61)(H,62,63,64)(H,65,66,67)/b10-7+,47-11+. The molecule has 2 aromatic carbocycles. The summed E-state index contributed by atoms with van der Waals surface area (Å²) in [4.78, 5) is 43.2. The van der Waals surface area contributed by atoms with Gasteiger partial charge in [0.25, 0.3) is 42.2 Å². The highest BCUT2D eigenvalue weighted by Crippen LogP contribution is 2.51. The van der Waals surface area contributed by atoms with Crippen LogP contribution in [0.1, 0.15) is 84.3 Å². The Hall–Kier alpha value is -4.84. The fraction of sp³-hybridized carbons (Fsp3) is 0.596. The molecule has 2 amide bonds. The van der Waals surface area contributed by atoms with Gasteiger partial charge in [-0.2, -0.15) is 25.3 Å². The number of allylic oxidation sites excluding steroid dienone is 4. The minimum absolute atomic E-state index is 0.0205. The topological polar surface area (TPSA) is 298 Å². The molecule has 0 aromatic heterocycles. The van der Waals surface area contributed by atoms with Gasteiger partial charge in [-0.05, 0) is 98.2 Å². The van der Waals surface area contributed by atoms with Crippen molar-refractivity contribution in [2.45, 2.75) is 89.6 Å². The highest BCUT2D eigenvalue weighted by Gasteiger charge is 2.44. The molecule has 0 aliphatic carbocycles. The van der Waals surface area contributed by atoms with Crippen molar-refractivity contribution in [3.8, 4) is 5.75 Å². The third-order valence-electron chi connectivity index (χ3n) is 12.8. The van der Waals surface area contributed by atoms with Crippen LogP contribution in [0.25, 0.3) is 5.57 Å². The number of fused-ring (bicyclic) bond motifs is 2. The SMILES string of the molecule is CCN(CCCS(=O)(=O)O)c1ccc2c(c1)OC(/C=C/C=C1/N(CCOCCOCCOCCOCCOCCOCCC(=O)ON3C(=O)CCC3=O)c3ccc(S(=O)(=O)O)cc3C1(C)CCCS(=O)(=O)O)C=C2C(C)(C)C. The Labute approximate surface area is 458 Å². The van der Waals surface area contributed by atoms with Crippen LogP contribution in [0.4, 0.5) is 11.4 Å². The Morgan fingerprint density at radius 3 is 1.86 bits per heavy atom. The Balaban J connectivity index is 1.13. The number of carbonyl (C=O) groups is 3. The number of carbonyl (C=O) groups excluding carboxylic acids is 3. The molecule has 23 nitrogen and oxygen atoms in total. The summed E-state index contributed by atoms with van der Waals surface area (Å²) in [6.45, 7) is 14.5. The van der Waals surface area contributed by atoms with Gasteiger partial charge in [0.05, 0.1) is 102 Å². The molecule has 436 valence electrons. The molecule has 2 atom stereocenters. The van der Waals surface area contributed by atoms with E-state index in [0.29, 0.717) is 80.5 Å². The van der Waals surface area contributed by atoms with E-state index < -0.39 is 65.4 Å². The van der Waals surface area contributed by atoms with Crippen LogP contribution in [0.15, 0.2) is 71.3 Å². The lowest BCUT2D eigenvalue weighted by atomic mass is 9.77. The predicted molar refractivity (Wildman–Crippen MR) is 288 cm³/mol. The maximum absolute atomic E-state index is 12.4. The Bertz CT molecular complexity index is 2780. The van der Waals surface area contributed by atoms with Gasteiger partial charge in [0.15, 0.2) is 0 Å². The van der Waals surface area contributed by atoms with E-state index in [2.05, 4.69) is 20.8 Å². The highest BCUT2D eigenvalue weighted by atomic mass is 32.2. The first-order valence-electron chi connectivity index (χ1n) is 25.8. The Kier molecular flexibility index (Phi) is 24.3. The van der Waals surface area contributed by atoms with Crippen molar-refractivity contribution >= 4 is 65.1 Å². The van der Waals surface area contributed by atoms with Crippen LogP contribution in [0.2, 0.25) is 0 Å². The second-order valence-electron chi connectivity index (χ2n) is 19.7. The van der Waals surface area contributed by atoms with E-state index in [4.69, 9.17) is 38.0 Å². The van der Waals surface area contributed by atoms with E-state index in [1.165, 1.54) is 12.1 Å². The van der Waals surface area contributed by atoms with Gasteiger partial charge in [0.1, 0.15) is 11.9 Å². The van der Waals surface area contributed by atoms with Gasteiger partial charge in [0, 0.05) is 66.6 Å². The van der Waals surface area contributed by atoms with E-state index in [9.17, 15) is 53.3 Å². The van der Waals surface area contributed by atoms with Gasteiger partial charge in [-0.3, -0.25) is 23.2 Å². The van der Waals surface area contributed by atoms with Gasteiger partial charge >= 0.3 is 5.97 Å². The number of hydrogen-bond acceptors (Lipinski definition) is 19. The summed E-state index contributed by atoms with van der Waals surface area (Å²) >= 11 is 0. The molecule has 78 heavy (non-hydrogen) atoms. The fourth-order valence-corrected chi connectivity index (χ4v) is 10.5. The maximum Gasteiger partial charge on any atom is 0.335 e. The maximum atomic E-state index is 12.4. The van der Waals surface area contributed by atoms with Crippen molar-refractivity contribution in [1.29, 1.82) is 0 Å². The smallest absolute Gasteiger partial charge is 0.335 e. The second-order valence-corrected chi connectivity index (χ2v) is 24.3. The summed E-state index contributed by atoms with van der Waals surface area (Å²) in [6.07, 6.45) is 7.36. The molecule has 0 bridgehead atoms. The van der Waals surface area contributed by atoms with Crippen LogP contribution in [-0.2, 0) is 83.4 Å². The first kappa shape index (κ1) is 64.0. The minimum Gasteiger partial charge on any atom is -0.482 e. The lowest BCUT2D eigenvalue weighted by Gasteiger charge is -2.33. The summed E-state index contributed by atoms with van der Waals surface area (Å²) in [5, 5.41) is 0.495. The van der Waals surface area contributed by atoms with Crippen LogP contribution in [0, 0.1) is 5.41 Å². The summed E-state index contributed by atoms with van der Waals surface area (Å²) in [6, 6.07) is 10.1. The highest BCUT2D eigenvalue weighted by molar-refractivity contribution is 7.86. The number of amides is 2. The van der Waals surface area contributed by atoms with E-state index in [-0.39, 0.29) is 101 Å². The van der Waals surface area contributed by atoms with E-state index in [1.807, 2.05) is 66.2 Å². The van der Waals surface area contributed by atoms with E-state index in [1.54, 1.807) is 6.07 Å². The van der Waals surface area contributed by atoms with Crippen molar-refractivity contribution in [1.82, 2.24) is 5.06 Å². The van der Waals surface area contributed by atoms with E-state index in [0.717, 1.165) is 16.8 Å². The molecule has 2 aromatic rings. The van der Waals surface area contributed by atoms with E-state index >= 15 is 0 Å². The number of hydroxylamine groups is 2. The summed E-state index contributed by atoms with van der Waals surface area (Å²) in [7, 11) is -13.1. The summed E-state index contributed by atoms with van der Waals surface area (Å²) in [5.41, 5.74) is 3.24. The zero-order chi connectivity index (χ0) is 57.2. The van der Waals surface area contributed by atoms with Gasteiger partial charge in [0.2, 0.25) is 0 Å². The molecule has 0 spiro atoms. The van der Waals surface area contributed by atoms with Crippen molar-refractivity contribution < 1.29 is 91.3 Å². The fourth-order valence-electron chi connectivity index (χ4n) is 9.00.